The summed E-state index contributed by atoms with van der Waals surface area (Å²) in [4.78, 5) is 12.8. The van der Waals surface area contributed by atoms with Gasteiger partial charge in [-0.2, -0.15) is 0 Å². The lowest BCUT2D eigenvalue weighted by molar-refractivity contribution is 0.636. The number of aromatic nitrogens is 4. The quantitative estimate of drug-likeness (QED) is 0.857. The smallest absolute Gasteiger partial charge is 0.177 e. The average Bonchev–Trinajstić information content (AvgIpc) is 2.75. The molecule has 0 amide bonds. The van der Waals surface area contributed by atoms with Crippen LogP contribution in [0.2, 0.25) is 0 Å². The van der Waals surface area contributed by atoms with Gasteiger partial charge in [0.15, 0.2) is 5.82 Å². The van der Waals surface area contributed by atoms with E-state index in [9.17, 15) is 0 Å². The summed E-state index contributed by atoms with van der Waals surface area (Å²) >= 11 is 0. The second kappa shape index (κ2) is 5.05. The van der Waals surface area contributed by atoms with Crippen LogP contribution in [0.1, 0.15) is 19.0 Å². The number of nitrogens with two attached hydrogens (primary N) is 1. The molecule has 17 heavy (non-hydrogen) atoms. The molecule has 0 bridgehead atoms. The highest BCUT2D eigenvalue weighted by atomic mass is 15.1. The van der Waals surface area contributed by atoms with Crippen molar-refractivity contribution in [2.45, 2.75) is 25.8 Å². The zero-order valence-corrected chi connectivity index (χ0v) is 10.2. The van der Waals surface area contributed by atoms with E-state index in [0.717, 1.165) is 24.2 Å². The van der Waals surface area contributed by atoms with E-state index in [-0.39, 0.29) is 6.04 Å². The molecule has 5 nitrogen and oxygen atoms in total. The number of hydrogen-bond donors (Lipinski definition) is 1. The summed E-state index contributed by atoms with van der Waals surface area (Å²) in [6, 6.07) is 2.07. The van der Waals surface area contributed by atoms with Crippen LogP contribution in [0.25, 0.3) is 11.5 Å². The molecule has 0 aliphatic rings. The van der Waals surface area contributed by atoms with E-state index in [1.165, 1.54) is 0 Å². The van der Waals surface area contributed by atoms with E-state index in [2.05, 4.69) is 21.9 Å². The maximum atomic E-state index is 5.93. The molecule has 2 aromatic heterocycles. The summed E-state index contributed by atoms with van der Waals surface area (Å²) in [7, 11) is 1.93. The molecule has 2 heterocycles. The Morgan fingerprint density at radius 1 is 1.47 bits per heavy atom. The largest absolute Gasteiger partial charge is 0.331 e. The molecule has 90 valence electrons. The molecular weight excluding hydrogens is 214 g/mol. The first-order valence-electron chi connectivity index (χ1n) is 5.75. The van der Waals surface area contributed by atoms with Crippen LogP contribution in [0, 0.1) is 0 Å². The zero-order valence-electron chi connectivity index (χ0n) is 10.2. The van der Waals surface area contributed by atoms with Crippen molar-refractivity contribution in [3.63, 3.8) is 0 Å². The molecule has 0 aliphatic heterocycles. The molecule has 0 fully saturated rings. The Morgan fingerprint density at radius 3 is 2.94 bits per heavy atom. The highest BCUT2D eigenvalue weighted by Gasteiger charge is 2.08. The van der Waals surface area contributed by atoms with Gasteiger partial charge in [-0.15, -0.1) is 0 Å². The Kier molecular flexibility index (Phi) is 3.49. The fourth-order valence-corrected chi connectivity index (χ4v) is 1.62. The molecular formula is C12H17N5. The van der Waals surface area contributed by atoms with Gasteiger partial charge in [0.25, 0.3) is 0 Å². The fraction of sp³-hybridized carbons (Fsp3) is 0.417. The second-order valence-corrected chi connectivity index (χ2v) is 4.13. The number of aryl methyl sites for hydroxylation is 1. The summed E-state index contributed by atoms with van der Waals surface area (Å²) in [5.41, 5.74) is 7.82. The highest BCUT2D eigenvalue weighted by molar-refractivity contribution is 5.48. The Morgan fingerprint density at radius 2 is 2.29 bits per heavy atom. The van der Waals surface area contributed by atoms with E-state index in [1.807, 2.05) is 17.7 Å². The van der Waals surface area contributed by atoms with Crippen LogP contribution >= 0.6 is 0 Å². The van der Waals surface area contributed by atoms with E-state index in [1.54, 1.807) is 18.7 Å². The first-order valence-corrected chi connectivity index (χ1v) is 5.75. The van der Waals surface area contributed by atoms with Gasteiger partial charge in [-0.05, 0) is 12.5 Å². The maximum absolute atomic E-state index is 5.93. The SMILES string of the molecule is CCC(N)Cc1ccnc(-c2cncn2C)n1. The predicted octanol–water partition coefficient (Wildman–Crippen LogP) is 1.16. The Hall–Kier alpha value is -1.75. The van der Waals surface area contributed by atoms with Gasteiger partial charge in [0.2, 0.25) is 0 Å². The van der Waals surface area contributed by atoms with Crippen LogP contribution in [0.3, 0.4) is 0 Å². The van der Waals surface area contributed by atoms with E-state index in [0.29, 0.717) is 5.82 Å². The minimum absolute atomic E-state index is 0.157. The monoisotopic (exact) mass is 231 g/mol. The molecule has 2 N–H and O–H groups in total. The molecule has 1 atom stereocenters. The summed E-state index contributed by atoms with van der Waals surface area (Å²) < 4.78 is 1.90. The molecule has 5 heteroatoms. The number of nitrogens with zero attached hydrogens (tertiary/aromatic N) is 4. The molecule has 0 saturated heterocycles. The third kappa shape index (κ3) is 2.68. The summed E-state index contributed by atoms with van der Waals surface area (Å²) in [5, 5.41) is 0. The van der Waals surface area contributed by atoms with E-state index in [4.69, 9.17) is 5.73 Å². The van der Waals surface area contributed by atoms with Gasteiger partial charge < -0.3 is 10.3 Å². The van der Waals surface area contributed by atoms with Gasteiger partial charge in [0, 0.05) is 31.4 Å². The van der Waals surface area contributed by atoms with Crippen molar-refractivity contribution in [2.24, 2.45) is 12.8 Å². The molecule has 0 aliphatic carbocycles. The van der Waals surface area contributed by atoms with Crippen molar-refractivity contribution in [2.75, 3.05) is 0 Å². The van der Waals surface area contributed by atoms with Gasteiger partial charge in [-0.3, -0.25) is 0 Å². The van der Waals surface area contributed by atoms with Gasteiger partial charge in [-0.25, -0.2) is 15.0 Å². The number of hydrogen-bond acceptors (Lipinski definition) is 4. The Labute approximate surface area is 101 Å². The number of imidazole rings is 1. The van der Waals surface area contributed by atoms with Crippen LogP contribution in [-0.2, 0) is 13.5 Å². The molecule has 2 rings (SSSR count). The van der Waals surface area contributed by atoms with Crippen molar-refractivity contribution < 1.29 is 0 Å². The summed E-state index contributed by atoms with van der Waals surface area (Å²) in [6.07, 6.45) is 7.00. The molecule has 0 aromatic carbocycles. The highest BCUT2D eigenvalue weighted by Crippen LogP contribution is 2.13. The second-order valence-electron chi connectivity index (χ2n) is 4.13. The normalized spacial score (nSPS) is 12.6. The lowest BCUT2D eigenvalue weighted by Gasteiger charge is -2.08. The van der Waals surface area contributed by atoms with Crippen molar-refractivity contribution in [1.29, 1.82) is 0 Å². The topological polar surface area (TPSA) is 69.6 Å². The minimum atomic E-state index is 0.157. The Balaban J connectivity index is 2.26. The predicted molar refractivity (Wildman–Crippen MR) is 66.2 cm³/mol. The molecule has 0 radical (unpaired) electrons. The lowest BCUT2D eigenvalue weighted by atomic mass is 10.1. The first kappa shape index (κ1) is 11.7. The minimum Gasteiger partial charge on any atom is -0.331 e. The molecule has 0 spiro atoms. The van der Waals surface area contributed by atoms with Crippen LogP contribution in [-0.4, -0.2) is 25.6 Å². The first-order chi connectivity index (χ1) is 8.20. The maximum Gasteiger partial charge on any atom is 0.177 e. The van der Waals surface area contributed by atoms with Crippen LogP contribution in [0.4, 0.5) is 0 Å². The van der Waals surface area contributed by atoms with Gasteiger partial charge in [-0.1, -0.05) is 6.92 Å². The van der Waals surface area contributed by atoms with Crippen LogP contribution in [0.15, 0.2) is 24.8 Å². The Bertz CT molecular complexity index is 491. The van der Waals surface area contributed by atoms with Crippen molar-refractivity contribution in [3.8, 4) is 11.5 Å². The standard InChI is InChI=1S/C12H17N5/c1-3-9(13)6-10-4-5-15-12(16-10)11-7-14-8-17(11)2/h4-5,7-9H,3,6,13H2,1-2H3. The lowest BCUT2D eigenvalue weighted by Crippen LogP contribution is -2.22. The molecule has 1 unspecified atom stereocenters. The van der Waals surface area contributed by atoms with Crippen LogP contribution in [0.5, 0.6) is 0 Å². The van der Waals surface area contributed by atoms with Gasteiger partial charge in [0.1, 0.15) is 5.69 Å². The molecule has 2 aromatic rings. The van der Waals surface area contributed by atoms with Crippen molar-refractivity contribution in [3.05, 3.63) is 30.5 Å². The van der Waals surface area contributed by atoms with Gasteiger partial charge >= 0.3 is 0 Å². The fourth-order valence-electron chi connectivity index (χ4n) is 1.62. The molecule has 0 saturated carbocycles. The summed E-state index contributed by atoms with van der Waals surface area (Å²) in [5.74, 6) is 0.700. The van der Waals surface area contributed by atoms with Crippen molar-refractivity contribution in [1.82, 2.24) is 19.5 Å². The number of rotatable bonds is 4. The van der Waals surface area contributed by atoms with Gasteiger partial charge in [0.05, 0.1) is 12.5 Å². The summed E-state index contributed by atoms with van der Waals surface area (Å²) in [6.45, 7) is 2.08. The third-order valence-electron chi connectivity index (χ3n) is 2.75. The van der Waals surface area contributed by atoms with E-state index < -0.39 is 0 Å². The zero-order chi connectivity index (χ0) is 12.3. The van der Waals surface area contributed by atoms with E-state index >= 15 is 0 Å². The third-order valence-corrected chi connectivity index (χ3v) is 2.75. The van der Waals surface area contributed by atoms with Crippen molar-refractivity contribution >= 4 is 0 Å². The van der Waals surface area contributed by atoms with Crippen LogP contribution < -0.4 is 5.73 Å². The average molecular weight is 231 g/mol.